The zero-order valence-corrected chi connectivity index (χ0v) is 13.6. The molecular weight excluding hydrogens is 336 g/mol. The van der Waals surface area contributed by atoms with Crippen LogP contribution in [0, 0.1) is 6.92 Å². The number of aliphatic hydroxyl groups excluding tert-OH is 1. The molecule has 0 aliphatic heterocycles. The van der Waals surface area contributed by atoms with E-state index in [4.69, 9.17) is 9.15 Å². The molecule has 0 bridgehead atoms. The van der Waals surface area contributed by atoms with E-state index in [1.54, 1.807) is 6.20 Å². The van der Waals surface area contributed by atoms with Crippen molar-refractivity contribution in [2.45, 2.75) is 26.0 Å². The number of nitrogens with one attached hydrogen (secondary N) is 1. The second kappa shape index (κ2) is 7.59. The van der Waals surface area contributed by atoms with E-state index >= 15 is 0 Å². The molecule has 0 aliphatic rings. The second-order valence-corrected chi connectivity index (χ2v) is 5.77. The fraction of sp³-hybridized carbons (Fsp3) is 0.400. The van der Waals surface area contributed by atoms with Crippen molar-refractivity contribution in [1.82, 2.24) is 10.3 Å². The van der Waals surface area contributed by atoms with Crippen molar-refractivity contribution >= 4 is 15.9 Å². The summed E-state index contributed by atoms with van der Waals surface area (Å²) in [5, 5.41) is 13.1. The van der Waals surface area contributed by atoms with Crippen molar-refractivity contribution in [3.63, 3.8) is 0 Å². The summed E-state index contributed by atoms with van der Waals surface area (Å²) < 4.78 is 11.9. The van der Waals surface area contributed by atoms with Gasteiger partial charge in [-0.25, -0.2) is 4.98 Å². The van der Waals surface area contributed by atoms with Crippen molar-refractivity contribution < 1.29 is 14.3 Å². The average Bonchev–Trinajstić information content (AvgIpc) is 2.91. The predicted octanol–water partition coefficient (Wildman–Crippen LogP) is 2.84. The highest BCUT2D eigenvalue weighted by atomic mass is 79.9. The SMILES string of the molecule is Cc1cnc(C(C)NCC(O)COc2ccc(Br)cc2)o1. The molecule has 0 fully saturated rings. The van der Waals surface area contributed by atoms with Crippen molar-refractivity contribution in [2.24, 2.45) is 0 Å². The number of oxazole rings is 1. The Labute approximate surface area is 132 Å². The molecule has 2 aromatic rings. The molecule has 0 aliphatic carbocycles. The monoisotopic (exact) mass is 354 g/mol. The Morgan fingerprint density at radius 3 is 2.71 bits per heavy atom. The van der Waals surface area contributed by atoms with Crippen molar-refractivity contribution in [3.8, 4) is 5.75 Å². The van der Waals surface area contributed by atoms with Gasteiger partial charge >= 0.3 is 0 Å². The van der Waals surface area contributed by atoms with Gasteiger partial charge in [-0.3, -0.25) is 0 Å². The number of nitrogens with zero attached hydrogens (tertiary/aromatic N) is 1. The molecule has 2 atom stereocenters. The number of aromatic nitrogens is 1. The van der Waals surface area contributed by atoms with Gasteiger partial charge in [-0.15, -0.1) is 0 Å². The Morgan fingerprint density at radius 1 is 1.38 bits per heavy atom. The van der Waals surface area contributed by atoms with Gasteiger partial charge in [0.25, 0.3) is 0 Å². The van der Waals surface area contributed by atoms with Crippen LogP contribution >= 0.6 is 15.9 Å². The van der Waals surface area contributed by atoms with Gasteiger partial charge in [0.05, 0.1) is 12.2 Å². The molecular formula is C15H19BrN2O3. The Bertz CT molecular complexity index is 556. The lowest BCUT2D eigenvalue weighted by Gasteiger charge is -2.15. The summed E-state index contributed by atoms with van der Waals surface area (Å²) in [5.41, 5.74) is 0. The van der Waals surface area contributed by atoms with Crippen LogP contribution in [0.2, 0.25) is 0 Å². The summed E-state index contributed by atoms with van der Waals surface area (Å²) in [6.07, 6.45) is 1.08. The Balaban J connectivity index is 1.72. The molecule has 5 nitrogen and oxygen atoms in total. The number of ether oxygens (including phenoxy) is 1. The minimum atomic E-state index is -0.604. The molecule has 114 valence electrons. The fourth-order valence-electron chi connectivity index (χ4n) is 1.75. The van der Waals surface area contributed by atoms with Crippen molar-refractivity contribution in [3.05, 3.63) is 46.6 Å². The number of halogens is 1. The summed E-state index contributed by atoms with van der Waals surface area (Å²) in [6.45, 7) is 4.42. The topological polar surface area (TPSA) is 67.5 Å². The molecule has 1 aromatic heterocycles. The minimum Gasteiger partial charge on any atom is -0.491 e. The summed E-state index contributed by atoms with van der Waals surface area (Å²) in [6, 6.07) is 7.44. The van der Waals surface area contributed by atoms with Crippen molar-refractivity contribution in [2.75, 3.05) is 13.2 Å². The van der Waals surface area contributed by atoms with Crippen LogP contribution < -0.4 is 10.1 Å². The largest absolute Gasteiger partial charge is 0.491 e. The first-order valence-electron chi connectivity index (χ1n) is 6.76. The van der Waals surface area contributed by atoms with Crippen LogP contribution in [-0.2, 0) is 0 Å². The van der Waals surface area contributed by atoms with Gasteiger partial charge in [-0.2, -0.15) is 0 Å². The molecule has 21 heavy (non-hydrogen) atoms. The zero-order chi connectivity index (χ0) is 15.2. The normalized spacial score (nSPS) is 13.9. The number of aliphatic hydroxyl groups is 1. The third-order valence-electron chi connectivity index (χ3n) is 2.93. The van der Waals surface area contributed by atoms with E-state index in [0.717, 1.165) is 16.0 Å². The van der Waals surface area contributed by atoms with E-state index < -0.39 is 6.10 Å². The smallest absolute Gasteiger partial charge is 0.211 e. The number of hydrogen-bond acceptors (Lipinski definition) is 5. The van der Waals surface area contributed by atoms with Gasteiger partial charge < -0.3 is 19.6 Å². The van der Waals surface area contributed by atoms with Crippen LogP contribution in [0.4, 0.5) is 0 Å². The third-order valence-corrected chi connectivity index (χ3v) is 3.45. The van der Waals surface area contributed by atoms with E-state index in [1.807, 2.05) is 38.1 Å². The molecule has 2 unspecified atom stereocenters. The van der Waals surface area contributed by atoms with Gasteiger partial charge in [-0.05, 0) is 38.1 Å². The van der Waals surface area contributed by atoms with Gasteiger partial charge in [0.15, 0.2) is 0 Å². The van der Waals surface area contributed by atoms with E-state index in [2.05, 4.69) is 26.2 Å². The van der Waals surface area contributed by atoms with Crippen molar-refractivity contribution in [1.29, 1.82) is 0 Å². The Hall–Kier alpha value is -1.37. The first kappa shape index (κ1) is 16.0. The molecule has 2 N–H and O–H groups in total. The molecule has 0 saturated carbocycles. The number of aryl methyl sites for hydroxylation is 1. The summed E-state index contributed by atoms with van der Waals surface area (Å²) in [5.74, 6) is 2.12. The van der Waals surface area contributed by atoms with Gasteiger partial charge in [0.2, 0.25) is 5.89 Å². The summed E-state index contributed by atoms with van der Waals surface area (Å²) >= 11 is 3.36. The molecule has 6 heteroatoms. The molecule has 0 amide bonds. The Kier molecular flexibility index (Phi) is 5.78. The minimum absolute atomic E-state index is 0.0546. The average molecular weight is 355 g/mol. The van der Waals surface area contributed by atoms with E-state index in [1.165, 1.54) is 0 Å². The first-order chi connectivity index (χ1) is 10.0. The highest BCUT2D eigenvalue weighted by Crippen LogP contribution is 2.16. The molecule has 0 radical (unpaired) electrons. The lowest BCUT2D eigenvalue weighted by atomic mass is 10.3. The zero-order valence-electron chi connectivity index (χ0n) is 12.0. The van der Waals surface area contributed by atoms with E-state index in [-0.39, 0.29) is 12.6 Å². The molecule has 0 spiro atoms. The van der Waals surface area contributed by atoms with Gasteiger partial charge in [0, 0.05) is 11.0 Å². The predicted molar refractivity (Wildman–Crippen MR) is 83.3 cm³/mol. The van der Waals surface area contributed by atoms with Crippen LogP contribution in [-0.4, -0.2) is 29.3 Å². The van der Waals surface area contributed by atoms with Gasteiger partial charge in [-0.1, -0.05) is 15.9 Å². The molecule has 1 heterocycles. The van der Waals surface area contributed by atoms with E-state index in [0.29, 0.717) is 12.4 Å². The Morgan fingerprint density at radius 2 is 2.10 bits per heavy atom. The quantitative estimate of drug-likeness (QED) is 0.800. The second-order valence-electron chi connectivity index (χ2n) is 4.86. The maximum Gasteiger partial charge on any atom is 0.211 e. The fourth-order valence-corrected chi connectivity index (χ4v) is 2.02. The van der Waals surface area contributed by atoms with E-state index in [9.17, 15) is 5.11 Å². The third kappa shape index (κ3) is 5.15. The van der Waals surface area contributed by atoms with Crippen LogP contribution in [0.1, 0.15) is 24.6 Å². The standard InChI is InChI=1S/C15H19BrN2O3/c1-10-7-18-15(21-10)11(2)17-8-13(19)9-20-14-5-3-12(16)4-6-14/h3-7,11,13,17,19H,8-9H2,1-2H3. The molecule has 1 aromatic carbocycles. The number of hydrogen-bond donors (Lipinski definition) is 2. The highest BCUT2D eigenvalue weighted by molar-refractivity contribution is 9.10. The number of benzene rings is 1. The lowest BCUT2D eigenvalue weighted by Crippen LogP contribution is -2.33. The lowest BCUT2D eigenvalue weighted by molar-refractivity contribution is 0.103. The van der Waals surface area contributed by atoms with Crippen LogP contribution in [0.3, 0.4) is 0 Å². The number of rotatable bonds is 7. The van der Waals surface area contributed by atoms with Crippen LogP contribution in [0.5, 0.6) is 5.75 Å². The maximum absolute atomic E-state index is 9.92. The molecule has 0 saturated heterocycles. The highest BCUT2D eigenvalue weighted by Gasteiger charge is 2.13. The first-order valence-corrected chi connectivity index (χ1v) is 7.56. The maximum atomic E-state index is 9.92. The van der Waals surface area contributed by atoms with Crippen LogP contribution in [0.25, 0.3) is 0 Å². The molecule has 2 rings (SSSR count). The van der Waals surface area contributed by atoms with Gasteiger partial charge in [0.1, 0.15) is 24.2 Å². The summed E-state index contributed by atoms with van der Waals surface area (Å²) in [7, 11) is 0. The van der Waals surface area contributed by atoms with Crippen LogP contribution in [0.15, 0.2) is 39.4 Å². The summed E-state index contributed by atoms with van der Waals surface area (Å²) in [4.78, 5) is 4.15.